The first-order chi connectivity index (χ1) is 14.3. The van der Waals surface area contributed by atoms with Crippen LogP contribution >= 0.6 is 44.1 Å². The minimum absolute atomic E-state index is 0.161. The number of hydrazine groups is 1. The van der Waals surface area contributed by atoms with Crippen molar-refractivity contribution < 1.29 is 14.4 Å². The van der Waals surface area contributed by atoms with Crippen molar-refractivity contribution in [1.82, 2.24) is 15.3 Å². The molecule has 2 aromatic carbocycles. The van der Waals surface area contributed by atoms with E-state index in [0.717, 1.165) is 8.95 Å². The van der Waals surface area contributed by atoms with Crippen LogP contribution in [0.1, 0.15) is 23.7 Å². The van der Waals surface area contributed by atoms with Gasteiger partial charge < -0.3 is 5.32 Å². The predicted molar refractivity (Wildman–Crippen MR) is 125 cm³/mol. The molecule has 1 aliphatic heterocycles. The van der Waals surface area contributed by atoms with Gasteiger partial charge in [-0.2, -0.15) is 0 Å². The first-order valence-corrected chi connectivity index (χ1v) is 11.1. The number of rotatable bonds is 6. The van der Waals surface area contributed by atoms with Crippen LogP contribution in [0.5, 0.6) is 0 Å². The molecule has 0 bridgehead atoms. The number of hydrogen-bond donors (Lipinski definition) is 2. The Balaban J connectivity index is 1.75. The number of carbonyl (C=O) groups excluding carboxylic acids is 3. The summed E-state index contributed by atoms with van der Waals surface area (Å²) in [4.78, 5) is 39.4. The number of amides is 3. The normalized spacial score (nSPS) is 16.0. The Hall–Kier alpha value is -2.30. The predicted octanol–water partition coefficient (Wildman–Crippen LogP) is 3.70. The van der Waals surface area contributed by atoms with Gasteiger partial charge in [0.2, 0.25) is 5.91 Å². The Kier molecular flexibility index (Phi) is 7.22. The van der Waals surface area contributed by atoms with Crippen molar-refractivity contribution >= 4 is 72.6 Å². The van der Waals surface area contributed by atoms with E-state index in [4.69, 9.17) is 12.2 Å². The number of thiocarbonyl (C=S) groups is 1. The van der Waals surface area contributed by atoms with Crippen molar-refractivity contribution in [3.05, 3.63) is 63.0 Å². The summed E-state index contributed by atoms with van der Waals surface area (Å²) in [6, 6.07) is 12.9. The van der Waals surface area contributed by atoms with Gasteiger partial charge in [-0.15, -0.1) is 0 Å². The number of hydrogen-bond acceptors (Lipinski definition) is 4. The highest BCUT2D eigenvalue weighted by Crippen LogP contribution is 2.21. The van der Waals surface area contributed by atoms with E-state index in [1.54, 1.807) is 55.5 Å². The lowest BCUT2D eigenvalue weighted by Gasteiger charge is -2.24. The molecule has 7 nitrogen and oxygen atoms in total. The summed E-state index contributed by atoms with van der Waals surface area (Å²) >= 11 is 12.0. The van der Waals surface area contributed by atoms with E-state index in [0.29, 0.717) is 17.8 Å². The van der Waals surface area contributed by atoms with Crippen LogP contribution in [0.25, 0.3) is 0 Å². The van der Waals surface area contributed by atoms with Gasteiger partial charge in [0.25, 0.3) is 11.8 Å². The molecule has 1 fully saturated rings. The molecule has 2 N–H and O–H groups in total. The van der Waals surface area contributed by atoms with Crippen LogP contribution in [0.2, 0.25) is 0 Å². The largest absolute Gasteiger partial charge is 0.326 e. The quantitative estimate of drug-likeness (QED) is 0.533. The van der Waals surface area contributed by atoms with Crippen LogP contribution in [0.15, 0.2) is 57.5 Å². The molecule has 1 atom stereocenters. The highest BCUT2D eigenvalue weighted by atomic mass is 79.9. The molecule has 0 spiro atoms. The molecule has 3 amide bonds. The minimum atomic E-state index is -0.924. The lowest BCUT2D eigenvalue weighted by molar-refractivity contribution is -0.130. The maximum absolute atomic E-state index is 12.8. The first-order valence-electron chi connectivity index (χ1n) is 9.06. The van der Waals surface area contributed by atoms with Crippen molar-refractivity contribution in [2.24, 2.45) is 0 Å². The molecule has 1 heterocycles. The van der Waals surface area contributed by atoms with Crippen molar-refractivity contribution in [2.45, 2.75) is 19.4 Å². The van der Waals surface area contributed by atoms with Crippen molar-refractivity contribution in [1.29, 1.82) is 0 Å². The van der Waals surface area contributed by atoms with E-state index in [9.17, 15) is 14.4 Å². The van der Waals surface area contributed by atoms with Crippen molar-refractivity contribution in [3.63, 3.8) is 0 Å². The standard InChI is InChI=1S/C20H18Br2N4O3S/c1-2-25-19(29)16(11-17(27)23-15-9-7-14(22)8-10-15)26(20(25)30)24-18(28)12-3-5-13(21)6-4-12/h3-10,16H,2,11H2,1H3,(H,23,27)(H,24,28). The Labute approximate surface area is 196 Å². The summed E-state index contributed by atoms with van der Waals surface area (Å²) in [5.74, 6) is -1.11. The number of benzene rings is 2. The number of anilines is 1. The van der Waals surface area contributed by atoms with Crippen LogP contribution in [-0.4, -0.2) is 45.3 Å². The molecule has 10 heteroatoms. The van der Waals surface area contributed by atoms with Crippen LogP contribution in [0.3, 0.4) is 0 Å². The third-order valence-electron chi connectivity index (χ3n) is 4.45. The number of nitrogens with zero attached hydrogens (tertiary/aromatic N) is 2. The lowest BCUT2D eigenvalue weighted by atomic mass is 10.2. The summed E-state index contributed by atoms with van der Waals surface area (Å²) in [5, 5.41) is 4.22. The van der Waals surface area contributed by atoms with Crippen LogP contribution < -0.4 is 10.7 Å². The Morgan fingerprint density at radius 2 is 1.60 bits per heavy atom. The second kappa shape index (κ2) is 9.67. The average Bonchev–Trinajstić information content (AvgIpc) is 2.93. The Morgan fingerprint density at radius 1 is 1.03 bits per heavy atom. The zero-order valence-electron chi connectivity index (χ0n) is 15.9. The molecule has 156 valence electrons. The average molecular weight is 554 g/mol. The molecule has 0 radical (unpaired) electrons. The van der Waals surface area contributed by atoms with Crippen LogP contribution in [0.4, 0.5) is 5.69 Å². The Bertz CT molecular complexity index is 983. The van der Waals surface area contributed by atoms with Gasteiger partial charge in [-0.25, -0.2) is 5.01 Å². The minimum Gasteiger partial charge on any atom is -0.326 e. The van der Waals surface area contributed by atoms with E-state index in [1.165, 1.54) is 9.91 Å². The van der Waals surface area contributed by atoms with Gasteiger partial charge in [0.05, 0.1) is 6.42 Å². The van der Waals surface area contributed by atoms with Gasteiger partial charge in [0.1, 0.15) is 6.04 Å². The molecule has 30 heavy (non-hydrogen) atoms. The van der Waals surface area contributed by atoms with Crippen LogP contribution in [-0.2, 0) is 9.59 Å². The molecule has 1 saturated heterocycles. The molecular formula is C20H18Br2N4O3S. The van der Waals surface area contributed by atoms with E-state index in [1.807, 2.05) is 0 Å². The lowest BCUT2D eigenvalue weighted by Crippen LogP contribution is -2.49. The molecule has 2 aromatic rings. The van der Waals surface area contributed by atoms with Gasteiger partial charge in [-0.3, -0.25) is 24.7 Å². The summed E-state index contributed by atoms with van der Waals surface area (Å²) in [5.41, 5.74) is 3.68. The summed E-state index contributed by atoms with van der Waals surface area (Å²) < 4.78 is 1.72. The highest BCUT2D eigenvalue weighted by Gasteiger charge is 2.43. The molecule has 0 aliphatic carbocycles. The zero-order valence-corrected chi connectivity index (χ0v) is 19.9. The second-order valence-electron chi connectivity index (χ2n) is 6.46. The zero-order chi connectivity index (χ0) is 21.8. The van der Waals surface area contributed by atoms with Gasteiger partial charge in [-0.1, -0.05) is 31.9 Å². The summed E-state index contributed by atoms with van der Waals surface area (Å²) in [6.45, 7) is 2.12. The van der Waals surface area contributed by atoms with Crippen LogP contribution in [0, 0.1) is 0 Å². The fraction of sp³-hybridized carbons (Fsp3) is 0.200. The third-order valence-corrected chi connectivity index (χ3v) is 5.93. The molecule has 0 aromatic heterocycles. The fourth-order valence-corrected chi connectivity index (χ4v) is 3.86. The number of carbonyl (C=O) groups is 3. The molecule has 1 aliphatic rings. The number of likely N-dealkylation sites (N-methyl/N-ethyl adjacent to an activating group) is 1. The molecule has 1 unspecified atom stereocenters. The van der Waals surface area contributed by atoms with Crippen molar-refractivity contribution in [3.8, 4) is 0 Å². The molecule has 3 rings (SSSR count). The smallest absolute Gasteiger partial charge is 0.269 e. The van der Waals surface area contributed by atoms with E-state index in [2.05, 4.69) is 42.6 Å². The maximum Gasteiger partial charge on any atom is 0.269 e. The molecular weight excluding hydrogens is 536 g/mol. The monoisotopic (exact) mass is 552 g/mol. The number of halogens is 2. The van der Waals surface area contributed by atoms with Gasteiger partial charge in [0.15, 0.2) is 5.11 Å². The first kappa shape index (κ1) is 22.4. The summed E-state index contributed by atoms with van der Waals surface area (Å²) in [7, 11) is 0. The SMILES string of the molecule is CCN1C(=O)C(CC(=O)Nc2ccc(Br)cc2)N(NC(=O)c2ccc(Br)cc2)C1=S. The number of nitrogens with one attached hydrogen (secondary N) is 2. The maximum atomic E-state index is 12.8. The third kappa shape index (κ3) is 5.05. The highest BCUT2D eigenvalue weighted by molar-refractivity contribution is 9.10. The summed E-state index contributed by atoms with van der Waals surface area (Å²) in [6.07, 6.45) is -0.161. The topological polar surface area (TPSA) is 81.8 Å². The van der Waals surface area contributed by atoms with Gasteiger partial charge >= 0.3 is 0 Å². The van der Waals surface area contributed by atoms with E-state index in [-0.39, 0.29) is 23.3 Å². The second-order valence-corrected chi connectivity index (χ2v) is 8.65. The van der Waals surface area contributed by atoms with Crippen molar-refractivity contribution in [2.75, 3.05) is 11.9 Å². The van der Waals surface area contributed by atoms with E-state index >= 15 is 0 Å². The van der Waals surface area contributed by atoms with Gasteiger partial charge in [0, 0.05) is 26.7 Å². The Morgan fingerprint density at radius 3 is 2.17 bits per heavy atom. The van der Waals surface area contributed by atoms with E-state index < -0.39 is 11.9 Å². The van der Waals surface area contributed by atoms with Gasteiger partial charge in [-0.05, 0) is 67.7 Å². The molecule has 0 saturated carbocycles. The fourth-order valence-electron chi connectivity index (χ4n) is 2.94.